The summed E-state index contributed by atoms with van der Waals surface area (Å²) < 4.78 is 6.42. The zero-order chi connectivity index (χ0) is 42.4. The minimum absolute atomic E-state index is 0.878. The van der Waals surface area contributed by atoms with Gasteiger partial charge in [-0.15, -0.1) is 0 Å². The molecular weight excluding hydrogens is 775 g/mol. The third-order valence-corrected chi connectivity index (χ3v) is 12.7. The maximum atomic E-state index is 6.42. The van der Waals surface area contributed by atoms with Gasteiger partial charge in [0.2, 0.25) is 0 Å². The van der Waals surface area contributed by atoms with Gasteiger partial charge >= 0.3 is 0 Å². The fourth-order valence-electron chi connectivity index (χ4n) is 9.60. The van der Waals surface area contributed by atoms with Crippen LogP contribution >= 0.6 is 0 Å². The highest BCUT2D eigenvalue weighted by Crippen LogP contribution is 2.45. The Balaban J connectivity index is 0.976. The smallest absolute Gasteiger partial charge is 0.136 e. The topological polar surface area (TPSA) is 16.4 Å². The van der Waals surface area contributed by atoms with Gasteiger partial charge in [-0.25, -0.2) is 0 Å². The summed E-state index contributed by atoms with van der Waals surface area (Å²) in [6.45, 7) is 0. The zero-order valence-corrected chi connectivity index (χ0v) is 35.0. The van der Waals surface area contributed by atoms with Crippen LogP contribution in [0, 0.1) is 0 Å². The van der Waals surface area contributed by atoms with Crippen LogP contribution in [0.15, 0.2) is 253 Å². The second-order valence-electron chi connectivity index (χ2n) is 16.4. The van der Waals surface area contributed by atoms with E-state index in [2.05, 4.69) is 241 Å². The predicted octanol–water partition coefficient (Wildman–Crippen LogP) is 17.7. The van der Waals surface area contributed by atoms with Gasteiger partial charge in [-0.3, -0.25) is 0 Å². The minimum atomic E-state index is 0.878. The van der Waals surface area contributed by atoms with E-state index in [-0.39, 0.29) is 0 Å². The van der Waals surface area contributed by atoms with Crippen LogP contribution in [0.5, 0.6) is 0 Å². The van der Waals surface area contributed by atoms with Crippen molar-refractivity contribution in [3.8, 4) is 55.6 Å². The average molecular weight is 816 g/mol. The monoisotopic (exact) mass is 815 g/mol. The van der Waals surface area contributed by atoms with E-state index in [4.69, 9.17) is 4.42 Å². The number of anilines is 3. The summed E-state index contributed by atoms with van der Waals surface area (Å²) in [7, 11) is 0. The first-order chi connectivity index (χ1) is 31.7. The number of furan rings is 1. The van der Waals surface area contributed by atoms with Gasteiger partial charge in [-0.05, 0) is 120 Å². The largest absolute Gasteiger partial charge is 0.456 e. The van der Waals surface area contributed by atoms with Gasteiger partial charge in [0.1, 0.15) is 11.2 Å². The molecule has 64 heavy (non-hydrogen) atoms. The van der Waals surface area contributed by atoms with Crippen molar-refractivity contribution in [2.45, 2.75) is 0 Å². The van der Waals surface area contributed by atoms with Crippen LogP contribution < -0.4 is 4.90 Å². The first-order valence-electron chi connectivity index (χ1n) is 21.9. The van der Waals surface area contributed by atoms with Crippen LogP contribution in [-0.4, -0.2) is 0 Å². The highest BCUT2D eigenvalue weighted by molar-refractivity contribution is 6.07. The summed E-state index contributed by atoms with van der Waals surface area (Å²) in [5, 5.41) is 7.24. The molecule has 12 rings (SSSR count). The molecule has 0 fully saturated rings. The van der Waals surface area contributed by atoms with Crippen LogP contribution in [-0.2, 0) is 0 Å². The Bertz CT molecular complexity index is 3660. The zero-order valence-electron chi connectivity index (χ0n) is 35.0. The van der Waals surface area contributed by atoms with E-state index in [0.717, 1.165) is 61.3 Å². The molecule has 2 nitrogen and oxygen atoms in total. The quantitative estimate of drug-likeness (QED) is 0.152. The van der Waals surface area contributed by atoms with Crippen molar-refractivity contribution in [1.29, 1.82) is 0 Å². The molecule has 0 radical (unpaired) electrons. The van der Waals surface area contributed by atoms with Gasteiger partial charge in [-0.1, -0.05) is 200 Å². The molecule has 0 aliphatic carbocycles. The Morgan fingerprint density at radius 1 is 0.250 bits per heavy atom. The Labute approximate surface area is 372 Å². The number of benzene rings is 11. The molecule has 0 saturated carbocycles. The number of fused-ring (bicyclic) bond motifs is 5. The third-order valence-electron chi connectivity index (χ3n) is 12.7. The molecule has 0 unspecified atom stereocenters. The van der Waals surface area contributed by atoms with Crippen molar-refractivity contribution >= 4 is 60.5 Å². The molecule has 0 aliphatic rings. The second kappa shape index (κ2) is 15.8. The standard InChI is InChI=1S/C62H41NO/c1-3-20-51-44(14-1)16-12-26-52(51)46-32-30-42(31-33-46)43-34-37-49(38-35-43)63(60-28-9-7-23-55(60)48-36-39-59-58-25-8-10-29-61(58)64-62(59)41-48)50-19-11-18-47(40-50)54-22-5-6-24-56(54)57-27-13-17-45-15-2-4-21-53(45)57/h1-41H. The summed E-state index contributed by atoms with van der Waals surface area (Å²) in [5.41, 5.74) is 16.7. The molecule has 0 bridgehead atoms. The lowest BCUT2D eigenvalue weighted by atomic mass is 9.91. The summed E-state index contributed by atoms with van der Waals surface area (Å²) in [4.78, 5) is 2.40. The Morgan fingerprint density at radius 2 is 0.750 bits per heavy atom. The summed E-state index contributed by atoms with van der Waals surface area (Å²) in [5.74, 6) is 0. The van der Waals surface area contributed by atoms with Crippen molar-refractivity contribution in [3.63, 3.8) is 0 Å². The fraction of sp³-hybridized carbons (Fsp3) is 0. The van der Waals surface area contributed by atoms with E-state index >= 15 is 0 Å². The average Bonchev–Trinajstić information content (AvgIpc) is 3.75. The highest BCUT2D eigenvalue weighted by Gasteiger charge is 2.20. The van der Waals surface area contributed by atoms with E-state index in [1.165, 1.54) is 54.9 Å². The van der Waals surface area contributed by atoms with E-state index in [1.807, 2.05) is 12.1 Å². The van der Waals surface area contributed by atoms with Gasteiger partial charge in [0.05, 0.1) is 5.69 Å². The van der Waals surface area contributed by atoms with Crippen molar-refractivity contribution < 1.29 is 4.42 Å². The summed E-state index contributed by atoms with van der Waals surface area (Å²) in [6.07, 6.45) is 0. The highest BCUT2D eigenvalue weighted by atomic mass is 16.3. The number of rotatable bonds is 8. The molecule has 0 atom stereocenters. The first-order valence-corrected chi connectivity index (χ1v) is 21.9. The van der Waals surface area contributed by atoms with E-state index in [0.29, 0.717) is 0 Å². The molecule has 1 heterocycles. The molecule has 0 saturated heterocycles. The molecule has 12 aromatic rings. The lowest BCUT2D eigenvalue weighted by Crippen LogP contribution is -2.11. The Kier molecular flexibility index (Phi) is 9.20. The third kappa shape index (κ3) is 6.61. The molecule has 0 N–H and O–H groups in total. The number of hydrogen-bond donors (Lipinski definition) is 0. The maximum Gasteiger partial charge on any atom is 0.136 e. The Hall–Kier alpha value is -8.46. The van der Waals surface area contributed by atoms with Gasteiger partial charge in [0.15, 0.2) is 0 Å². The minimum Gasteiger partial charge on any atom is -0.456 e. The van der Waals surface area contributed by atoms with E-state index in [1.54, 1.807) is 0 Å². The summed E-state index contributed by atoms with van der Waals surface area (Å²) >= 11 is 0. The number of para-hydroxylation sites is 2. The maximum absolute atomic E-state index is 6.42. The lowest BCUT2D eigenvalue weighted by molar-refractivity contribution is 0.669. The van der Waals surface area contributed by atoms with Crippen molar-refractivity contribution in [1.82, 2.24) is 0 Å². The molecule has 0 spiro atoms. The van der Waals surface area contributed by atoms with Gasteiger partial charge in [-0.2, -0.15) is 0 Å². The molecule has 1 aromatic heterocycles. The number of nitrogens with zero attached hydrogens (tertiary/aromatic N) is 1. The van der Waals surface area contributed by atoms with Crippen LogP contribution in [0.3, 0.4) is 0 Å². The summed E-state index contributed by atoms with van der Waals surface area (Å²) in [6, 6.07) is 89.7. The predicted molar refractivity (Wildman–Crippen MR) is 271 cm³/mol. The lowest BCUT2D eigenvalue weighted by Gasteiger charge is -2.28. The number of hydrogen-bond acceptors (Lipinski definition) is 2. The Morgan fingerprint density at radius 3 is 1.52 bits per heavy atom. The van der Waals surface area contributed by atoms with Crippen molar-refractivity contribution in [2.75, 3.05) is 4.90 Å². The van der Waals surface area contributed by atoms with Crippen LogP contribution in [0.25, 0.3) is 99.1 Å². The second-order valence-corrected chi connectivity index (χ2v) is 16.4. The molecular formula is C62H41NO. The van der Waals surface area contributed by atoms with Crippen molar-refractivity contribution in [2.24, 2.45) is 0 Å². The van der Waals surface area contributed by atoms with Crippen molar-refractivity contribution in [3.05, 3.63) is 249 Å². The molecule has 0 aliphatic heterocycles. The van der Waals surface area contributed by atoms with Crippen LogP contribution in [0.2, 0.25) is 0 Å². The SMILES string of the molecule is c1cc(-c2ccccc2-c2cccc3ccccc23)cc(N(c2ccc(-c3ccc(-c4cccc5ccccc45)cc3)cc2)c2ccccc2-c2ccc3c(c2)oc2ccccc23)c1. The molecule has 2 heteroatoms. The normalized spacial score (nSPS) is 11.4. The van der Waals surface area contributed by atoms with Crippen LogP contribution in [0.1, 0.15) is 0 Å². The van der Waals surface area contributed by atoms with Crippen LogP contribution in [0.4, 0.5) is 17.1 Å². The molecule has 300 valence electrons. The van der Waals surface area contributed by atoms with E-state index in [9.17, 15) is 0 Å². The fourth-order valence-corrected chi connectivity index (χ4v) is 9.60. The molecule has 11 aromatic carbocycles. The van der Waals surface area contributed by atoms with Gasteiger partial charge < -0.3 is 9.32 Å². The van der Waals surface area contributed by atoms with Gasteiger partial charge in [0, 0.05) is 27.7 Å². The van der Waals surface area contributed by atoms with Gasteiger partial charge in [0.25, 0.3) is 0 Å². The molecule has 0 amide bonds. The first kappa shape index (κ1) is 37.3. The van der Waals surface area contributed by atoms with E-state index < -0.39 is 0 Å².